The summed E-state index contributed by atoms with van der Waals surface area (Å²) >= 11 is 1.90. The number of hydrogen-bond acceptors (Lipinski definition) is 4. The van der Waals surface area contributed by atoms with E-state index in [-0.39, 0.29) is 5.91 Å². The van der Waals surface area contributed by atoms with Crippen LogP contribution >= 0.6 is 11.8 Å². The number of carbonyl (C=O) groups excluding carboxylic acids is 1. The molecule has 1 fully saturated rings. The molecular weight excluding hydrogens is 234 g/mol. The molecule has 0 radical (unpaired) electrons. The van der Waals surface area contributed by atoms with Crippen LogP contribution in [-0.4, -0.2) is 54.5 Å². The third-order valence-corrected chi connectivity index (χ3v) is 3.69. The van der Waals surface area contributed by atoms with E-state index in [1.54, 1.807) is 12.3 Å². The van der Waals surface area contributed by atoms with Gasteiger partial charge in [0.25, 0.3) is 5.91 Å². The van der Waals surface area contributed by atoms with Crippen LogP contribution in [0.25, 0.3) is 0 Å². The summed E-state index contributed by atoms with van der Waals surface area (Å²) in [4.78, 5) is 20.3. The van der Waals surface area contributed by atoms with Gasteiger partial charge in [-0.1, -0.05) is 0 Å². The van der Waals surface area contributed by atoms with Crippen molar-refractivity contribution in [3.8, 4) is 0 Å². The Bertz CT molecular complexity index is 402. The van der Waals surface area contributed by atoms with Gasteiger partial charge in [0.05, 0.1) is 0 Å². The fraction of sp³-hybridized carbons (Fsp3) is 0.500. The van der Waals surface area contributed by atoms with Crippen LogP contribution in [0.2, 0.25) is 0 Å². The lowest BCUT2D eigenvalue weighted by Gasteiger charge is -2.26. The van der Waals surface area contributed by atoms with E-state index in [1.807, 2.05) is 41.7 Å². The molecule has 1 aromatic rings. The van der Waals surface area contributed by atoms with Gasteiger partial charge in [-0.3, -0.25) is 4.79 Å². The molecule has 17 heavy (non-hydrogen) atoms. The molecular formula is C12H17N3OS. The Morgan fingerprint density at radius 1 is 1.41 bits per heavy atom. The minimum Gasteiger partial charge on any atom is -0.363 e. The highest BCUT2D eigenvalue weighted by atomic mass is 32.2. The first-order chi connectivity index (χ1) is 8.18. The molecule has 2 heterocycles. The SMILES string of the molecule is CN(C)c1cc(C(=O)N2CCSCC2)ccn1. The van der Waals surface area contributed by atoms with Gasteiger partial charge in [-0.05, 0) is 12.1 Å². The van der Waals surface area contributed by atoms with Gasteiger partial charge in [-0.15, -0.1) is 0 Å². The number of nitrogens with zero attached hydrogens (tertiary/aromatic N) is 3. The lowest BCUT2D eigenvalue weighted by molar-refractivity contribution is 0.0772. The summed E-state index contributed by atoms with van der Waals surface area (Å²) in [6, 6.07) is 3.64. The maximum atomic E-state index is 12.2. The maximum Gasteiger partial charge on any atom is 0.254 e. The highest BCUT2D eigenvalue weighted by molar-refractivity contribution is 7.99. The fourth-order valence-corrected chi connectivity index (χ4v) is 2.65. The summed E-state index contributed by atoms with van der Waals surface area (Å²) in [6.07, 6.45) is 1.70. The minimum atomic E-state index is 0.121. The highest BCUT2D eigenvalue weighted by Crippen LogP contribution is 2.15. The molecule has 0 bridgehead atoms. The molecule has 0 atom stereocenters. The third-order valence-electron chi connectivity index (χ3n) is 2.75. The molecule has 0 aliphatic carbocycles. The molecule has 5 heteroatoms. The van der Waals surface area contributed by atoms with E-state index in [9.17, 15) is 4.79 Å². The molecule has 2 rings (SSSR count). The van der Waals surface area contributed by atoms with E-state index < -0.39 is 0 Å². The first kappa shape index (κ1) is 12.2. The zero-order valence-electron chi connectivity index (χ0n) is 10.2. The van der Waals surface area contributed by atoms with Gasteiger partial charge < -0.3 is 9.80 Å². The van der Waals surface area contributed by atoms with Crippen molar-refractivity contribution < 1.29 is 4.79 Å². The van der Waals surface area contributed by atoms with Crippen molar-refractivity contribution >= 4 is 23.5 Å². The summed E-state index contributed by atoms with van der Waals surface area (Å²) in [6.45, 7) is 1.70. The van der Waals surface area contributed by atoms with Gasteiger partial charge in [-0.25, -0.2) is 4.98 Å². The van der Waals surface area contributed by atoms with Crippen molar-refractivity contribution in [2.24, 2.45) is 0 Å². The number of anilines is 1. The Labute approximate surface area is 106 Å². The predicted molar refractivity (Wildman–Crippen MR) is 71.8 cm³/mol. The lowest BCUT2D eigenvalue weighted by Crippen LogP contribution is -2.37. The van der Waals surface area contributed by atoms with Crippen molar-refractivity contribution in [2.45, 2.75) is 0 Å². The summed E-state index contributed by atoms with van der Waals surface area (Å²) in [5.74, 6) is 3.02. The molecule has 0 unspecified atom stereocenters. The van der Waals surface area contributed by atoms with Crippen LogP contribution in [0.1, 0.15) is 10.4 Å². The molecule has 4 nitrogen and oxygen atoms in total. The third kappa shape index (κ3) is 2.91. The predicted octanol–water partition coefficient (Wildman–Crippen LogP) is 1.34. The van der Waals surface area contributed by atoms with Gasteiger partial charge in [0.15, 0.2) is 0 Å². The zero-order chi connectivity index (χ0) is 12.3. The number of rotatable bonds is 2. The molecule has 92 valence electrons. The maximum absolute atomic E-state index is 12.2. The van der Waals surface area contributed by atoms with Gasteiger partial charge in [0, 0.05) is 50.5 Å². The van der Waals surface area contributed by atoms with Crippen molar-refractivity contribution in [2.75, 3.05) is 43.6 Å². The number of thioether (sulfide) groups is 1. The van der Waals surface area contributed by atoms with E-state index in [0.29, 0.717) is 0 Å². The number of amides is 1. The monoisotopic (exact) mass is 251 g/mol. The molecule has 1 saturated heterocycles. The fourth-order valence-electron chi connectivity index (χ4n) is 1.75. The Morgan fingerprint density at radius 2 is 2.12 bits per heavy atom. The quantitative estimate of drug-likeness (QED) is 0.795. The molecule has 1 aliphatic heterocycles. The Morgan fingerprint density at radius 3 is 2.76 bits per heavy atom. The smallest absolute Gasteiger partial charge is 0.254 e. The molecule has 1 aliphatic rings. The molecule has 0 N–H and O–H groups in total. The summed E-state index contributed by atoms with van der Waals surface area (Å²) in [7, 11) is 3.85. The summed E-state index contributed by atoms with van der Waals surface area (Å²) in [5, 5.41) is 0. The van der Waals surface area contributed by atoms with Gasteiger partial charge in [0.2, 0.25) is 0 Å². The topological polar surface area (TPSA) is 36.4 Å². The minimum absolute atomic E-state index is 0.121. The standard InChI is InChI=1S/C12H17N3OS/c1-14(2)11-9-10(3-4-13-11)12(16)15-5-7-17-8-6-15/h3-4,9H,5-8H2,1-2H3. The van der Waals surface area contributed by atoms with E-state index in [1.165, 1.54) is 0 Å². The first-order valence-electron chi connectivity index (χ1n) is 5.69. The van der Waals surface area contributed by atoms with Crippen LogP contribution in [0.4, 0.5) is 5.82 Å². The van der Waals surface area contributed by atoms with Crippen molar-refractivity contribution in [3.05, 3.63) is 23.9 Å². The number of aromatic nitrogens is 1. The largest absolute Gasteiger partial charge is 0.363 e. The van der Waals surface area contributed by atoms with Crippen LogP contribution in [0, 0.1) is 0 Å². The van der Waals surface area contributed by atoms with E-state index in [4.69, 9.17) is 0 Å². The van der Waals surface area contributed by atoms with E-state index in [2.05, 4.69) is 4.98 Å². The average Bonchev–Trinajstić information content (AvgIpc) is 2.39. The molecule has 0 aromatic carbocycles. The van der Waals surface area contributed by atoms with Crippen LogP contribution in [0.5, 0.6) is 0 Å². The van der Waals surface area contributed by atoms with Crippen LogP contribution in [-0.2, 0) is 0 Å². The van der Waals surface area contributed by atoms with Crippen molar-refractivity contribution in [3.63, 3.8) is 0 Å². The Hall–Kier alpha value is -1.23. The second-order valence-corrected chi connectivity index (χ2v) is 5.43. The zero-order valence-corrected chi connectivity index (χ0v) is 11.0. The number of carbonyl (C=O) groups is 1. The van der Waals surface area contributed by atoms with Crippen molar-refractivity contribution in [1.82, 2.24) is 9.88 Å². The molecule has 1 aromatic heterocycles. The summed E-state index contributed by atoms with van der Waals surface area (Å²) in [5.41, 5.74) is 0.732. The first-order valence-corrected chi connectivity index (χ1v) is 6.84. The van der Waals surface area contributed by atoms with Crippen LogP contribution in [0.3, 0.4) is 0 Å². The number of pyridine rings is 1. The Kier molecular flexibility index (Phi) is 3.89. The number of hydrogen-bond donors (Lipinski definition) is 0. The van der Waals surface area contributed by atoms with Crippen LogP contribution in [0.15, 0.2) is 18.3 Å². The molecule has 1 amide bonds. The molecule has 0 spiro atoms. The van der Waals surface area contributed by atoms with E-state index in [0.717, 1.165) is 36.0 Å². The average molecular weight is 251 g/mol. The van der Waals surface area contributed by atoms with Crippen LogP contribution < -0.4 is 4.90 Å². The van der Waals surface area contributed by atoms with E-state index >= 15 is 0 Å². The highest BCUT2D eigenvalue weighted by Gasteiger charge is 2.18. The lowest BCUT2D eigenvalue weighted by atomic mass is 10.2. The van der Waals surface area contributed by atoms with Gasteiger partial charge >= 0.3 is 0 Å². The van der Waals surface area contributed by atoms with Gasteiger partial charge in [0.1, 0.15) is 5.82 Å². The second-order valence-electron chi connectivity index (χ2n) is 4.20. The van der Waals surface area contributed by atoms with Crippen molar-refractivity contribution in [1.29, 1.82) is 0 Å². The second kappa shape index (κ2) is 5.40. The Balaban J connectivity index is 2.15. The molecule has 0 saturated carbocycles. The normalized spacial score (nSPS) is 15.8. The summed E-state index contributed by atoms with van der Waals surface area (Å²) < 4.78 is 0. The van der Waals surface area contributed by atoms with Gasteiger partial charge in [-0.2, -0.15) is 11.8 Å².